The molecular weight excluding hydrogens is 310 g/mol. The monoisotopic (exact) mass is 325 g/mol. The number of halogens is 1. The van der Waals surface area contributed by atoms with Gasteiger partial charge in [-0.25, -0.2) is 0 Å². The Kier molecular flexibility index (Phi) is 3.50. The van der Waals surface area contributed by atoms with Crippen molar-refractivity contribution in [3.05, 3.63) is 28.7 Å². The zero-order valence-corrected chi connectivity index (χ0v) is 12.0. The third-order valence-electron chi connectivity index (χ3n) is 3.90. The molecular formula is C14H16BrNO3. The lowest BCUT2D eigenvalue weighted by Gasteiger charge is -2.19. The molecule has 0 bridgehead atoms. The van der Waals surface area contributed by atoms with Gasteiger partial charge in [-0.1, -0.05) is 22.0 Å². The van der Waals surface area contributed by atoms with Crippen LogP contribution in [0.2, 0.25) is 0 Å². The minimum Gasteiger partial charge on any atom is -0.484 e. The topological polar surface area (TPSA) is 58.6 Å². The molecule has 1 amide bonds. The van der Waals surface area contributed by atoms with Crippen LogP contribution in [0.25, 0.3) is 0 Å². The lowest BCUT2D eigenvalue weighted by Crippen LogP contribution is -2.43. The lowest BCUT2D eigenvalue weighted by atomic mass is 10.1. The number of hydrogen-bond acceptors (Lipinski definition) is 3. The number of fused-ring (bicyclic) bond motifs is 1. The zero-order valence-electron chi connectivity index (χ0n) is 10.4. The molecule has 2 saturated carbocycles. The van der Waals surface area contributed by atoms with Gasteiger partial charge in [0.25, 0.3) is 5.91 Å². The van der Waals surface area contributed by atoms with Crippen molar-refractivity contribution in [2.24, 2.45) is 11.8 Å². The summed E-state index contributed by atoms with van der Waals surface area (Å²) < 4.78 is 6.32. The number of aliphatic hydroxyl groups excluding tert-OH is 1. The van der Waals surface area contributed by atoms with Gasteiger partial charge in [0.1, 0.15) is 5.75 Å². The molecule has 0 heterocycles. The number of hydrogen-bond donors (Lipinski definition) is 2. The summed E-state index contributed by atoms with van der Waals surface area (Å²) in [6, 6.07) is 7.27. The van der Waals surface area contributed by atoms with Gasteiger partial charge in [0.15, 0.2) is 6.61 Å². The van der Waals surface area contributed by atoms with Crippen molar-refractivity contribution in [2.45, 2.75) is 25.0 Å². The molecule has 0 aromatic heterocycles. The molecule has 1 aromatic rings. The normalized spacial score (nSPS) is 31.7. The summed E-state index contributed by atoms with van der Waals surface area (Å²) in [4.78, 5) is 11.8. The van der Waals surface area contributed by atoms with Gasteiger partial charge < -0.3 is 15.2 Å². The van der Waals surface area contributed by atoms with E-state index in [1.807, 2.05) is 18.2 Å². The summed E-state index contributed by atoms with van der Waals surface area (Å²) in [6.45, 7) is -0.0188. The van der Waals surface area contributed by atoms with E-state index in [0.717, 1.165) is 17.3 Å². The molecule has 2 aliphatic carbocycles. The molecule has 4 nitrogen and oxygen atoms in total. The van der Waals surface area contributed by atoms with E-state index < -0.39 is 0 Å². The fraction of sp³-hybridized carbons (Fsp3) is 0.500. The predicted octanol–water partition coefficient (Wildman–Crippen LogP) is 1.71. The number of rotatable bonds is 4. The van der Waals surface area contributed by atoms with Crippen molar-refractivity contribution in [1.29, 1.82) is 0 Å². The highest BCUT2D eigenvalue weighted by Gasteiger charge is 2.53. The van der Waals surface area contributed by atoms with Gasteiger partial charge in [0.05, 0.1) is 12.1 Å². The van der Waals surface area contributed by atoms with Crippen LogP contribution in [0, 0.1) is 11.8 Å². The summed E-state index contributed by atoms with van der Waals surface area (Å²) in [5.41, 5.74) is 0. The van der Waals surface area contributed by atoms with Crippen LogP contribution in [0.4, 0.5) is 0 Å². The van der Waals surface area contributed by atoms with Gasteiger partial charge >= 0.3 is 0 Å². The molecule has 3 rings (SSSR count). The molecule has 5 heteroatoms. The van der Waals surface area contributed by atoms with E-state index in [9.17, 15) is 9.90 Å². The van der Waals surface area contributed by atoms with Gasteiger partial charge in [-0.2, -0.15) is 0 Å². The first-order chi connectivity index (χ1) is 9.13. The molecule has 2 N–H and O–H groups in total. The maximum Gasteiger partial charge on any atom is 0.258 e. The molecule has 2 fully saturated rings. The van der Waals surface area contributed by atoms with Gasteiger partial charge in [-0.05, 0) is 42.9 Å². The van der Waals surface area contributed by atoms with Gasteiger partial charge in [0, 0.05) is 4.47 Å². The number of carbonyl (C=O) groups excluding carboxylic acids is 1. The fourth-order valence-corrected chi connectivity index (χ4v) is 3.20. The van der Waals surface area contributed by atoms with Crippen molar-refractivity contribution in [3.8, 4) is 5.75 Å². The smallest absolute Gasteiger partial charge is 0.258 e. The van der Waals surface area contributed by atoms with Crippen molar-refractivity contribution in [2.75, 3.05) is 6.61 Å². The van der Waals surface area contributed by atoms with E-state index in [1.54, 1.807) is 6.07 Å². The molecule has 1 aromatic carbocycles. The molecule has 0 aliphatic heterocycles. The average molecular weight is 326 g/mol. The minimum atomic E-state index is -0.375. The number of nitrogens with one attached hydrogen (secondary N) is 1. The summed E-state index contributed by atoms with van der Waals surface area (Å²) >= 11 is 3.35. The van der Waals surface area contributed by atoms with Crippen molar-refractivity contribution in [3.63, 3.8) is 0 Å². The number of aliphatic hydroxyl groups is 1. The van der Waals surface area contributed by atoms with Crippen molar-refractivity contribution in [1.82, 2.24) is 5.32 Å². The van der Waals surface area contributed by atoms with E-state index in [4.69, 9.17) is 4.74 Å². The fourth-order valence-electron chi connectivity index (χ4n) is 2.82. The Morgan fingerprint density at radius 2 is 2.32 bits per heavy atom. The highest BCUT2D eigenvalue weighted by Crippen LogP contribution is 2.51. The van der Waals surface area contributed by atoms with Crippen molar-refractivity contribution < 1.29 is 14.6 Å². The Hall–Kier alpha value is -1.07. The van der Waals surface area contributed by atoms with E-state index in [-0.39, 0.29) is 24.7 Å². The average Bonchev–Trinajstić information content (AvgIpc) is 3.08. The first kappa shape index (κ1) is 12.9. The first-order valence-electron chi connectivity index (χ1n) is 6.49. The van der Waals surface area contributed by atoms with E-state index in [1.165, 1.54) is 0 Å². The second-order valence-corrected chi connectivity index (χ2v) is 6.22. The summed E-state index contributed by atoms with van der Waals surface area (Å²) in [6.07, 6.45) is 1.64. The van der Waals surface area contributed by atoms with E-state index in [2.05, 4.69) is 21.2 Å². The molecule has 0 spiro atoms. The molecule has 0 radical (unpaired) electrons. The Balaban J connectivity index is 1.46. The molecule has 2 aliphatic rings. The lowest BCUT2D eigenvalue weighted by molar-refractivity contribution is -0.124. The molecule has 4 atom stereocenters. The molecule has 0 saturated heterocycles. The van der Waals surface area contributed by atoms with Crippen LogP contribution in [0.1, 0.15) is 12.8 Å². The Labute approximate surface area is 120 Å². The van der Waals surface area contributed by atoms with Crippen LogP contribution in [0.15, 0.2) is 28.7 Å². The second-order valence-electron chi connectivity index (χ2n) is 5.31. The van der Waals surface area contributed by atoms with E-state index in [0.29, 0.717) is 17.6 Å². The summed E-state index contributed by atoms with van der Waals surface area (Å²) in [5.74, 6) is 1.51. The molecule has 19 heavy (non-hydrogen) atoms. The van der Waals surface area contributed by atoms with Crippen LogP contribution in [0.3, 0.4) is 0 Å². The van der Waals surface area contributed by atoms with Crippen LogP contribution in [0.5, 0.6) is 5.75 Å². The maximum atomic E-state index is 11.8. The molecule has 1 unspecified atom stereocenters. The maximum absolute atomic E-state index is 11.8. The SMILES string of the molecule is O=C(COc1cccc(Br)c1)N[C@@H]1CC2C[C@@H]2[C@@H]1O. The highest BCUT2D eigenvalue weighted by atomic mass is 79.9. The largest absolute Gasteiger partial charge is 0.484 e. The number of benzene rings is 1. The number of carbonyl (C=O) groups is 1. The number of ether oxygens (including phenoxy) is 1. The number of amides is 1. The Morgan fingerprint density at radius 1 is 1.47 bits per heavy atom. The molecule has 102 valence electrons. The summed E-state index contributed by atoms with van der Waals surface area (Å²) in [5, 5.41) is 12.8. The second kappa shape index (κ2) is 5.13. The van der Waals surface area contributed by atoms with E-state index >= 15 is 0 Å². The zero-order chi connectivity index (χ0) is 13.4. The third kappa shape index (κ3) is 2.92. The van der Waals surface area contributed by atoms with Crippen molar-refractivity contribution >= 4 is 21.8 Å². The van der Waals surface area contributed by atoms with Gasteiger partial charge in [-0.3, -0.25) is 4.79 Å². The quantitative estimate of drug-likeness (QED) is 0.886. The Morgan fingerprint density at radius 3 is 3.00 bits per heavy atom. The van der Waals surface area contributed by atoms with Gasteiger partial charge in [0.2, 0.25) is 0 Å². The first-order valence-corrected chi connectivity index (χ1v) is 7.28. The van der Waals surface area contributed by atoms with Crippen LogP contribution in [-0.2, 0) is 4.79 Å². The standard InChI is InChI=1S/C14H16BrNO3/c15-9-2-1-3-10(6-9)19-7-13(17)16-12-5-8-4-11(8)14(12)18/h1-3,6,8,11-12,14,18H,4-5,7H2,(H,16,17)/t8?,11-,12+,14-/m0/s1. The Bertz CT molecular complexity index is 493. The van der Waals surface area contributed by atoms with Gasteiger partial charge in [-0.15, -0.1) is 0 Å². The van der Waals surface area contributed by atoms with Crippen LogP contribution in [-0.4, -0.2) is 29.8 Å². The third-order valence-corrected chi connectivity index (χ3v) is 4.39. The summed E-state index contributed by atoms with van der Waals surface area (Å²) in [7, 11) is 0. The van der Waals surface area contributed by atoms with Crippen LogP contribution >= 0.6 is 15.9 Å². The van der Waals surface area contributed by atoms with Crippen LogP contribution < -0.4 is 10.1 Å². The predicted molar refractivity (Wildman–Crippen MR) is 73.8 cm³/mol. The highest BCUT2D eigenvalue weighted by molar-refractivity contribution is 9.10. The minimum absolute atomic E-state index is 0.0188.